The molecule has 0 amide bonds. The Bertz CT molecular complexity index is 284. The topological polar surface area (TPSA) is 32.8 Å². The normalized spacial score (nSPS) is 18.8. The van der Waals surface area contributed by atoms with Gasteiger partial charge in [-0.1, -0.05) is 22.9 Å². The second-order valence-electron chi connectivity index (χ2n) is 6.11. The van der Waals surface area contributed by atoms with Gasteiger partial charge in [-0.25, -0.2) is 4.79 Å². The summed E-state index contributed by atoms with van der Waals surface area (Å²) in [7, 11) is 0. The number of nitrogens with zero attached hydrogens (tertiary/aromatic N) is 2. The van der Waals surface area contributed by atoms with Gasteiger partial charge in [-0.05, 0) is 40.2 Å². The average molecular weight is 335 g/mol. The fourth-order valence-electron chi connectivity index (χ4n) is 2.26. The van der Waals surface area contributed by atoms with Crippen LogP contribution in [0.1, 0.15) is 40.5 Å². The highest BCUT2D eigenvalue weighted by atomic mass is 79.9. The molecule has 0 saturated carbocycles. The second kappa shape index (κ2) is 7.60. The zero-order chi connectivity index (χ0) is 14.5. The molecule has 112 valence electrons. The third-order valence-electron chi connectivity index (χ3n) is 3.54. The quantitative estimate of drug-likeness (QED) is 0.723. The molecule has 0 aliphatic carbocycles. The summed E-state index contributed by atoms with van der Waals surface area (Å²) in [5.41, 5.74) is -0.428. The molecule has 0 atom stereocenters. The maximum atomic E-state index is 11.8. The molecule has 5 heteroatoms. The van der Waals surface area contributed by atoms with E-state index in [9.17, 15) is 4.79 Å². The fourth-order valence-corrected chi connectivity index (χ4v) is 2.72. The van der Waals surface area contributed by atoms with Crippen LogP contribution in [-0.4, -0.2) is 53.5 Å². The molecule has 0 spiro atoms. The van der Waals surface area contributed by atoms with Crippen LogP contribution in [0.4, 0.5) is 0 Å². The van der Waals surface area contributed by atoms with Gasteiger partial charge >= 0.3 is 5.97 Å². The number of halogens is 1. The largest absolute Gasteiger partial charge is 0.367 e. The number of rotatable bonds is 5. The molecule has 1 rings (SSSR count). The van der Waals surface area contributed by atoms with E-state index >= 15 is 0 Å². The van der Waals surface area contributed by atoms with E-state index in [-0.39, 0.29) is 5.97 Å². The minimum Gasteiger partial charge on any atom is -0.367 e. The summed E-state index contributed by atoms with van der Waals surface area (Å²) in [6, 6.07) is 0.618. The van der Waals surface area contributed by atoms with Crippen LogP contribution in [0.25, 0.3) is 0 Å². The number of piperidine rings is 1. The molecule has 0 aromatic rings. The molecule has 0 radical (unpaired) electrons. The Labute approximate surface area is 125 Å². The Morgan fingerprint density at radius 1 is 1.37 bits per heavy atom. The summed E-state index contributed by atoms with van der Waals surface area (Å²) in [6.07, 6.45) is 2.14. The number of carbonyl (C=O) groups excluding carboxylic acids is 1. The van der Waals surface area contributed by atoms with E-state index in [0.717, 1.165) is 44.4 Å². The molecular weight excluding hydrogens is 308 g/mol. The first-order valence-corrected chi connectivity index (χ1v) is 8.28. The van der Waals surface area contributed by atoms with Crippen molar-refractivity contribution in [1.82, 2.24) is 9.96 Å². The summed E-state index contributed by atoms with van der Waals surface area (Å²) >= 11 is 3.50. The van der Waals surface area contributed by atoms with Crippen LogP contribution in [-0.2, 0) is 9.63 Å². The van der Waals surface area contributed by atoms with Gasteiger partial charge in [0.1, 0.15) is 0 Å². The summed E-state index contributed by atoms with van der Waals surface area (Å²) in [4.78, 5) is 19.8. The first kappa shape index (κ1) is 16.9. The second-order valence-corrected chi connectivity index (χ2v) is 6.90. The summed E-state index contributed by atoms with van der Waals surface area (Å²) in [5, 5.41) is 2.84. The van der Waals surface area contributed by atoms with E-state index in [0.29, 0.717) is 6.04 Å². The lowest BCUT2D eigenvalue weighted by atomic mass is 9.98. The third-order valence-corrected chi connectivity index (χ3v) is 3.90. The van der Waals surface area contributed by atoms with Gasteiger partial charge in [-0.2, -0.15) is 0 Å². The number of alkyl halides is 1. The SMILES string of the molecule is CCN(CCBr)C1CCN(OC(=O)C(C)(C)C)CC1. The summed E-state index contributed by atoms with van der Waals surface area (Å²) in [5.74, 6) is -0.140. The molecule has 0 aromatic carbocycles. The Morgan fingerprint density at radius 2 is 1.95 bits per heavy atom. The van der Waals surface area contributed by atoms with Gasteiger partial charge in [0.05, 0.1) is 5.41 Å². The van der Waals surface area contributed by atoms with Crippen molar-refractivity contribution in [3.8, 4) is 0 Å². The average Bonchev–Trinajstić information content (AvgIpc) is 2.36. The molecule has 1 aliphatic rings. The Kier molecular flexibility index (Phi) is 6.77. The van der Waals surface area contributed by atoms with Crippen LogP contribution < -0.4 is 0 Å². The molecular formula is C14H27BrN2O2. The molecule has 1 saturated heterocycles. The van der Waals surface area contributed by atoms with Gasteiger partial charge in [-0.15, -0.1) is 5.06 Å². The molecule has 19 heavy (non-hydrogen) atoms. The maximum absolute atomic E-state index is 11.8. The predicted molar refractivity (Wildman–Crippen MR) is 81.2 cm³/mol. The van der Waals surface area contributed by atoms with Crippen LogP contribution >= 0.6 is 15.9 Å². The van der Waals surface area contributed by atoms with Crippen molar-refractivity contribution in [3.63, 3.8) is 0 Å². The lowest BCUT2D eigenvalue weighted by Crippen LogP contribution is -2.46. The van der Waals surface area contributed by atoms with E-state index in [4.69, 9.17) is 4.84 Å². The first-order chi connectivity index (χ1) is 8.88. The minimum absolute atomic E-state index is 0.140. The highest BCUT2D eigenvalue weighted by Crippen LogP contribution is 2.20. The van der Waals surface area contributed by atoms with Crippen LogP contribution in [0, 0.1) is 5.41 Å². The predicted octanol–water partition coefficient (Wildman–Crippen LogP) is 2.67. The van der Waals surface area contributed by atoms with E-state index in [2.05, 4.69) is 27.8 Å². The van der Waals surface area contributed by atoms with Crippen molar-refractivity contribution in [2.45, 2.75) is 46.6 Å². The van der Waals surface area contributed by atoms with Crippen LogP contribution in [0.3, 0.4) is 0 Å². The van der Waals surface area contributed by atoms with Crippen LogP contribution in [0.15, 0.2) is 0 Å². The summed E-state index contributed by atoms with van der Waals surface area (Å²) in [6.45, 7) is 11.7. The van der Waals surface area contributed by atoms with Gasteiger partial charge in [0.15, 0.2) is 0 Å². The Morgan fingerprint density at radius 3 is 2.37 bits per heavy atom. The van der Waals surface area contributed by atoms with Gasteiger partial charge in [-0.3, -0.25) is 4.90 Å². The van der Waals surface area contributed by atoms with E-state index < -0.39 is 5.41 Å². The maximum Gasteiger partial charge on any atom is 0.330 e. The molecule has 1 fully saturated rings. The first-order valence-electron chi connectivity index (χ1n) is 7.15. The lowest BCUT2D eigenvalue weighted by molar-refractivity contribution is -0.206. The summed E-state index contributed by atoms with van der Waals surface area (Å²) < 4.78 is 0. The van der Waals surface area contributed by atoms with Crippen molar-refractivity contribution in [3.05, 3.63) is 0 Å². The molecule has 1 heterocycles. The monoisotopic (exact) mass is 334 g/mol. The molecule has 0 N–H and O–H groups in total. The zero-order valence-corrected chi connectivity index (χ0v) is 14.2. The molecule has 1 aliphatic heterocycles. The van der Waals surface area contributed by atoms with Crippen molar-refractivity contribution in [1.29, 1.82) is 0 Å². The van der Waals surface area contributed by atoms with Crippen LogP contribution in [0.2, 0.25) is 0 Å². The number of hydrogen-bond donors (Lipinski definition) is 0. The number of carbonyl (C=O) groups is 1. The molecule has 0 unspecified atom stereocenters. The van der Waals surface area contributed by atoms with Crippen molar-refractivity contribution < 1.29 is 9.63 Å². The third kappa shape index (κ3) is 5.40. The van der Waals surface area contributed by atoms with E-state index in [1.807, 2.05) is 25.8 Å². The Hall–Kier alpha value is -0.130. The van der Waals surface area contributed by atoms with Crippen molar-refractivity contribution >= 4 is 21.9 Å². The minimum atomic E-state index is -0.428. The molecule has 4 nitrogen and oxygen atoms in total. The molecule has 0 bridgehead atoms. The van der Waals surface area contributed by atoms with Gasteiger partial charge in [0, 0.05) is 31.0 Å². The van der Waals surface area contributed by atoms with Crippen molar-refractivity contribution in [2.75, 3.05) is 31.5 Å². The molecule has 0 aromatic heterocycles. The highest BCUT2D eigenvalue weighted by Gasteiger charge is 2.29. The number of hydroxylamine groups is 2. The fraction of sp³-hybridized carbons (Fsp3) is 0.929. The lowest BCUT2D eigenvalue weighted by Gasteiger charge is -2.37. The van der Waals surface area contributed by atoms with Gasteiger partial charge < -0.3 is 4.84 Å². The van der Waals surface area contributed by atoms with Crippen LogP contribution in [0.5, 0.6) is 0 Å². The van der Waals surface area contributed by atoms with Gasteiger partial charge in [0.2, 0.25) is 0 Å². The van der Waals surface area contributed by atoms with Gasteiger partial charge in [0.25, 0.3) is 0 Å². The number of hydrogen-bond acceptors (Lipinski definition) is 4. The standard InChI is InChI=1S/C14H27BrN2O2/c1-5-16(11-8-15)12-6-9-17(10-7-12)19-13(18)14(2,3)4/h12H,5-11H2,1-4H3. The Balaban J connectivity index is 2.38. The van der Waals surface area contributed by atoms with E-state index in [1.54, 1.807) is 0 Å². The highest BCUT2D eigenvalue weighted by molar-refractivity contribution is 9.09. The zero-order valence-electron chi connectivity index (χ0n) is 12.6. The van der Waals surface area contributed by atoms with E-state index in [1.165, 1.54) is 0 Å². The smallest absolute Gasteiger partial charge is 0.330 e. The van der Waals surface area contributed by atoms with Crippen molar-refractivity contribution in [2.24, 2.45) is 5.41 Å².